The van der Waals surface area contributed by atoms with Gasteiger partial charge in [-0.25, -0.2) is 0 Å². The van der Waals surface area contributed by atoms with Gasteiger partial charge >= 0.3 is 0 Å². The number of rotatable bonds is 7. The average Bonchev–Trinajstić information content (AvgIpc) is 2.45. The molecule has 0 aliphatic carbocycles. The highest BCUT2D eigenvalue weighted by atomic mass is 16.6. The summed E-state index contributed by atoms with van der Waals surface area (Å²) in [6, 6.07) is 6.18. The van der Waals surface area contributed by atoms with Gasteiger partial charge in [-0.2, -0.15) is 0 Å². The van der Waals surface area contributed by atoms with Crippen molar-refractivity contribution in [2.75, 3.05) is 40.0 Å². The van der Waals surface area contributed by atoms with Gasteiger partial charge in [-0.1, -0.05) is 6.07 Å². The molecule has 0 fully saturated rings. The van der Waals surface area contributed by atoms with Crippen molar-refractivity contribution in [1.82, 2.24) is 4.90 Å². The summed E-state index contributed by atoms with van der Waals surface area (Å²) in [5, 5.41) is 8.76. The average molecular weight is 265 g/mol. The van der Waals surface area contributed by atoms with Crippen LogP contribution >= 0.6 is 0 Å². The molecule has 0 saturated heterocycles. The van der Waals surface area contributed by atoms with Crippen molar-refractivity contribution < 1.29 is 14.6 Å². The van der Waals surface area contributed by atoms with Crippen LogP contribution in [0.4, 0.5) is 0 Å². The van der Waals surface area contributed by atoms with Gasteiger partial charge in [-0.05, 0) is 50.6 Å². The molecule has 1 N–H and O–H groups in total. The molecule has 0 amide bonds. The minimum absolute atomic E-state index is 0.288. The smallest absolute Gasteiger partial charge is 0.161 e. The maximum absolute atomic E-state index is 8.76. The molecule has 0 bridgehead atoms. The Labute approximate surface area is 114 Å². The van der Waals surface area contributed by atoms with E-state index >= 15 is 0 Å². The second-order valence-electron chi connectivity index (χ2n) is 4.96. The van der Waals surface area contributed by atoms with Crippen LogP contribution in [0.2, 0.25) is 0 Å². The highest BCUT2D eigenvalue weighted by molar-refractivity contribution is 5.43. The normalized spacial score (nSPS) is 13.8. The van der Waals surface area contributed by atoms with E-state index in [1.165, 1.54) is 5.56 Å². The molecule has 1 aromatic rings. The van der Waals surface area contributed by atoms with Crippen LogP contribution < -0.4 is 9.47 Å². The second-order valence-corrected chi connectivity index (χ2v) is 4.96. The van der Waals surface area contributed by atoms with E-state index in [2.05, 4.69) is 24.1 Å². The molecule has 106 valence electrons. The molecule has 0 unspecified atom stereocenters. The van der Waals surface area contributed by atoms with E-state index in [4.69, 9.17) is 14.6 Å². The molecule has 1 aromatic carbocycles. The fourth-order valence-electron chi connectivity index (χ4n) is 2.17. The highest BCUT2D eigenvalue weighted by Crippen LogP contribution is 2.30. The number of aliphatic hydroxyl groups excluding tert-OH is 1. The lowest BCUT2D eigenvalue weighted by molar-refractivity contribution is 0.171. The van der Waals surface area contributed by atoms with Crippen molar-refractivity contribution in [3.8, 4) is 11.5 Å². The molecule has 0 atom stereocenters. The molecule has 0 aromatic heterocycles. The van der Waals surface area contributed by atoms with E-state index in [1.807, 2.05) is 6.07 Å². The zero-order chi connectivity index (χ0) is 13.5. The molecule has 4 nitrogen and oxygen atoms in total. The topological polar surface area (TPSA) is 41.9 Å². The third-order valence-electron chi connectivity index (χ3n) is 3.34. The lowest BCUT2D eigenvalue weighted by atomic mass is 10.1. The van der Waals surface area contributed by atoms with Gasteiger partial charge in [0.25, 0.3) is 0 Å². The minimum atomic E-state index is 0.288. The molecule has 4 heteroatoms. The van der Waals surface area contributed by atoms with Crippen LogP contribution in [0.15, 0.2) is 18.2 Å². The predicted molar refractivity (Wildman–Crippen MR) is 75.0 cm³/mol. The Balaban J connectivity index is 1.79. The SMILES string of the molecule is CN(CCCCO)CCc1ccc2c(c1)OCCO2. The molecule has 1 heterocycles. The first-order valence-electron chi connectivity index (χ1n) is 6.97. The first kappa shape index (κ1) is 14.2. The first-order valence-corrected chi connectivity index (χ1v) is 6.97. The van der Waals surface area contributed by atoms with E-state index in [-0.39, 0.29) is 6.61 Å². The van der Waals surface area contributed by atoms with Crippen LogP contribution in [0.3, 0.4) is 0 Å². The number of unbranched alkanes of at least 4 members (excludes halogenated alkanes) is 1. The summed E-state index contributed by atoms with van der Waals surface area (Å²) < 4.78 is 11.1. The van der Waals surface area contributed by atoms with Gasteiger partial charge in [-0.3, -0.25) is 0 Å². The van der Waals surface area contributed by atoms with E-state index in [9.17, 15) is 0 Å². The van der Waals surface area contributed by atoms with Crippen LogP contribution in [0.5, 0.6) is 11.5 Å². The Hall–Kier alpha value is -1.26. The Bertz CT molecular complexity index is 395. The molecule has 19 heavy (non-hydrogen) atoms. The molecule has 1 aliphatic heterocycles. The third-order valence-corrected chi connectivity index (χ3v) is 3.34. The van der Waals surface area contributed by atoms with Crippen LogP contribution in [0.1, 0.15) is 18.4 Å². The van der Waals surface area contributed by atoms with Gasteiger partial charge in [0.05, 0.1) is 0 Å². The summed E-state index contributed by atoms with van der Waals surface area (Å²) in [7, 11) is 2.12. The lowest BCUT2D eigenvalue weighted by Gasteiger charge is -2.20. The quantitative estimate of drug-likeness (QED) is 0.762. The summed E-state index contributed by atoms with van der Waals surface area (Å²) in [4.78, 5) is 2.30. The highest BCUT2D eigenvalue weighted by Gasteiger charge is 2.11. The van der Waals surface area contributed by atoms with Gasteiger partial charge in [-0.15, -0.1) is 0 Å². The lowest BCUT2D eigenvalue weighted by Crippen LogP contribution is -2.22. The minimum Gasteiger partial charge on any atom is -0.486 e. The van der Waals surface area contributed by atoms with Crippen LogP contribution in [0.25, 0.3) is 0 Å². The molecule has 0 spiro atoms. The van der Waals surface area contributed by atoms with E-state index in [1.54, 1.807) is 0 Å². The molecule has 0 radical (unpaired) electrons. The summed E-state index contributed by atoms with van der Waals surface area (Å²) in [6.07, 6.45) is 2.94. The van der Waals surface area contributed by atoms with Crippen LogP contribution in [-0.2, 0) is 6.42 Å². The molecule has 0 saturated carbocycles. The van der Waals surface area contributed by atoms with E-state index in [0.717, 1.165) is 43.9 Å². The number of fused-ring (bicyclic) bond motifs is 1. The molecular formula is C15H23NO3. The number of benzene rings is 1. The number of nitrogens with zero attached hydrogens (tertiary/aromatic N) is 1. The van der Waals surface area contributed by atoms with Crippen molar-refractivity contribution in [3.05, 3.63) is 23.8 Å². The van der Waals surface area contributed by atoms with Crippen molar-refractivity contribution in [1.29, 1.82) is 0 Å². The largest absolute Gasteiger partial charge is 0.486 e. The number of ether oxygens (including phenoxy) is 2. The zero-order valence-electron chi connectivity index (χ0n) is 11.6. The predicted octanol–water partition coefficient (Wildman–Crippen LogP) is 1.70. The molecular weight excluding hydrogens is 242 g/mol. The van der Waals surface area contributed by atoms with E-state index < -0.39 is 0 Å². The molecule has 1 aliphatic rings. The fourth-order valence-corrected chi connectivity index (χ4v) is 2.17. The van der Waals surface area contributed by atoms with E-state index in [0.29, 0.717) is 13.2 Å². The van der Waals surface area contributed by atoms with Gasteiger partial charge in [0.2, 0.25) is 0 Å². The number of hydrogen-bond acceptors (Lipinski definition) is 4. The maximum Gasteiger partial charge on any atom is 0.161 e. The third kappa shape index (κ3) is 4.40. The van der Waals surface area contributed by atoms with Gasteiger partial charge in [0.1, 0.15) is 13.2 Å². The van der Waals surface area contributed by atoms with Gasteiger partial charge < -0.3 is 19.5 Å². The summed E-state index contributed by atoms with van der Waals surface area (Å²) in [5.41, 5.74) is 1.28. The van der Waals surface area contributed by atoms with Crippen molar-refractivity contribution in [2.24, 2.45) is 0 Å². The second kappa shape index (κ2) is 7.36. The van der Waals surface area contributed by atoms with Crippen LogP contribution in [0, 0.1) is 0 Å². The Morgan fingerprint density at radius 3 is 2.68 bits per heavy atom. The Kier molecular flexibility index (Phi) is 5.48. The Morgan fingerprint density at radius 1 is 1.11 bits per heavy atom. The maximum atomic E-state index is 8.76. The Morgan fingerprint density at radius 2 is 1.89 bits per heavy atom. The summed E-state index contributed by atoms with van der Waals surface area (Å²) >= 11 is 0. The zero-order valence-corrected chi connectivity index (χ0v) is 11.6. The number of aliphatic hydroxyl groups is 1. The number of likely N-dealkylation sites (N-methyl/N-ethyl adjacent to an activating group) is 1. The van der Waals surface area contributed by atoms with Gasteiger partial charge in [0.15, 0.2) is 11.5 Å². The van der Waals surface area contributed by atoms with Crippen molar-refractivity contribution >= 4 is 0 Å². The summed E-state index contributed by atoms with van der Waals surface area (Å²) in [5.74, 6) is 1.72. The summed E-state index contributed by atoms with van der Waals surface area (Å²) in [6.45, 7) is 3.61. The first-order chi connectivity index (χ1) is 9.29. The van der Waals surface area contributed by atoms with Crippen molar-refractivity contribution in [3.63, 3.8) is 0 Å². The number of hydrogen-bond donors (Lipinski definition) is 1. The monoisotopic (exact) mass is 265 g/mol. The van der Waals surface area contributed by atoms with Crippen molar-refractivity contribution in [2.45, 2.75) is 19.3 Å². The fraction of sp³-hybridized carbons (Fsp3) is 0.600. The standard InChI is InChI=1S/C15H23NO3/c1-16(7-2-3-9-17)8-6-13-4-5-14-15(12-13)19-11-10-18-14/h4-5,12,17H,2-3,6-11H2,1H3. The molecule has 2 rings (SSSR count). The van der Waals surface area contributed by atoms with Gasteiger partial charge in [0, 0.05) is 13.2 Å². The van der Waals surface area contributed by atoms with Crippen LogP contribution in [-0.4, -0.2) is 50.0 Å².